The van der Waals surface area contributed by atoms with Gasteiger partial charge in [-0.3, -0.25) is 4.79 Å². The van der Waals surface area contributed by atoms with Gasteiger partial charge in [-0.2, -0.15) is 0 Å². The molecule has 0 aliphatic carbocycles. The van der Waals surface area contributed by atoms with E-state index in [0.717, 1.165) is 40.4 Å². The number of nitrogens with one attached hydrogen (secondary N) is 2. The molecule has 35 heavy (non-hydrogen) atoms. The Bertz CT molecular complexity index is 1270. The first-order valence-electron chi connectivity index (χ1n) is 12.0. The number of thiocarbonyl (C=S) groups is 1. The van der Waals surface area contributed by atoms with E-state index < -0.39 is 0 Å². The van der Waals surface area contributed by atoms with Crippen LogP contribution in [0.15, 0.2) is 41.2 Å². The van der Waals surface area contributed by atoms with Crippen molar-refractivity contribution >= 4 is 28.2 Å². The molecule has 1 unspecified atom stereocenters. The van der Waals surface area contributed by atoms with Crippen LogP contribution in [0.5, 0.6) is 11.5 Å². The number of pyridine rings is 1. The van der Waals surface area contributed by atoms with E-state index >= 15 is 0 Å². The number of H-pyrrole nitrogens is 1. The van der Waals surface area contributed by atoms with Crippen LogP contribution in [-0.2, 0) is 11.2 Å². The fourth-order valence-corrected chi connectivity index (χ4v) is 4.96. The maximum Gasteiger partial charge on any atom is 0.254 e. The average molecular weight is 496 g/mol. The largest absolute Gasteiger partial charge is 0.493 e. The van der Waals surface area contributed by atoms with Crippen molar-refractivity contribution in [3.63, 3.8) is 0 Å². The van der Waals surface area contributed by atoms with Gasteiger partial charge in [0.1, 0.15) is 0 Å². The highest BCUT2D eigenvalue weighted by Crippen LogP contribution is 2.40. The van der Waals surface area contributed by atoms with Crippen LogP contribution >= 0.6 is 12.2 Å². The molecule has 0 bridgehead atoms. The van der Waals surface area contributed by atoms with Gasteiger partial charge in [0.25, 0.3) is 5.56 Å². The normalized spacial score (nSPS) is 15.1. The number of methoxy groups -OCH3 is 2. The molecule has 0 saturated carbocycles. The molecule has 1 aliphatic heterocycles. The lowest BCUT2D eigenvalue weighted by atomic mass is 9.88. The van der Waals surface area contributed by atoms with E-state index in [0.29, 0.717) is 48.5 Å². The summed E-state index contributed by atoms with van der Waals surface area (Å²) in [6.45, 7) is 6.79. The van der Waals surface area contributed by atoms with Crippen LogP contribution in [0.1, 0.15) is 41.6 Å². The van der Waals surface area contributed by atoms with Gasteiger partial charge in [0, 0.05) is 37.4 Å². The number of benzene rings is 2. The lowest BCUT2D eigenvalue weighted by molar-refractivity contribution is 0.145. The third-order valence-corrected chi connectivity index (χ3v) is 6.78. The standard InChI is InChI=1S/C27H33N3O4S/c1-5-34-12-6-10-28-27(35)30-11-9-18-15-23(32-3)24(33-4)16-20(18)25(30)21-14-19-13-17(2)7-8-22(19)29-26(21)31/h7-8,13-16,25H,5-6,9-12H2,1-4H3,(H,28,35)(H,29,31). The Hall–Kier alpha value is -3.10. The Labute approximate surface area is 211 Å². The van der Waals surface area contributed by atoms with Gasteiger partial charge in [0.2, 0.25) is 0 Å². The van der Waals surface area contributed by atoms with Crippen molar-refractivity contribution in [2.75, 3.05) is 40.5 Å². The number of fused-ring (bicyclic) bond motifs is 2. The highest BCUT2D eigenvalue weighted by atomic mass is 32.1. The van der Waals surface area contributed by atoms with Crippen LogP contribution in [0, 0.1) is 6.92 Å². The summed E-state index contributed by atoms with van der Waals surface area (Å²) in [6, 6.07) is 11.6. The Morgan fingerprint density at radius 3 is 2.66 bits per heavy atom. The second-order valence-electron chi connectivity index (χ2n) is 8.68. The topological polar surface area (TPSA) is 75.8 Å². The molecule has 1 atom stereocenters. The number of rotatable bonds is 8. The SMILES string of the molecule is CCOCCCNC(=S)N1CCc2cc(OC)c(OC)cc2C1c1cc2cc(C)ccc2[nH]c1=O. The summed E-state index contributed by atoms with van der Waals surface area (Å²) in [5, 5.41) is 4.98. The minimum atomic E-state index is -0.362. The first kappa shape index (κ1) is 25.0. The molecule has 2 aromatic carbocycles. The van der Waals surface area contributed by atoms with Crippen molar-refractivity contribution in [3.05, 3.63) is 69.0 Å². The number of hydrogen-bond donors (Lipinski definition) is 2. The molecule has 0 fully saturated rings. The Kier molecular flexibility index (Phi) is 7.93. The van der Waals surface area contributed by atoms with Crippen LogP contribution in [0.3, 0.4) is 0 Å². The van der Waals surface area contributed by atoms with E-state index in [1.54, 1.807) is 14.2 Å². The first-order chi connectivity index (χ1) is 17.0. The number of ether oxygens (including phenoxy) is 3. The van der Waals surface area contributed by atoms with E-state index in [1.807, 2.05) is 44.2 Å². The first-order valence-corrected chi connectivity index (χ1v) is 12.4. The Morgan fingerprint density at radius 2 is 1.91 bits per heavy atom. The molecule has 1 aliphatic rings. The number of hydrogen-bond acceptors (Lipinski definition) is 5. The van der Waals surface area contributed by atoms with Crippen molar-refractivity contribution in [2.45, 2.75) is 32.7 Å². The Balaban J connectivity index is 1.79. The second-order valence-corrected chi connectivity index (χ2v) is 9.07. The smallest absolute Gasteiger partial charge is 0.254 e. The monoisotopic (exact) mass is 495 g/mol. The van der Waals surface area contributed by atoms with Crippen LogP contribution in [-0.4, -0.2) is 55.5 Å². The summed E-state index contributed by atoms with van der Waals surface area (Å²) < 4.78 is 16.6. The summed E-state index contributed by atoms with van der Waals surface area (Å²) in [6.07, 6.45) is 1.63. The van der Waals surface area contributed by atoms with Gasteiger partial charge >= 0.3 is 0 Å². The molecule has 1 aromatic heterocycles. The fraction of sp³-hybridized carbons (Fsp3) is 0.407. The number of nitrogens with zero attached hydrogens (tertiary/aromatic N) is 1. The lowest BCUT2D eigenvalue weighted by Crippen LogP contribution is -2.47. The molecule has 4 rings (SSSR count). The maximum atomic E-state index is 13.4. The predicted molar refractivity (Wildman–Crippen MR) is 143 cm³/mol. The fourth-order valence-electron chi connectivity index (χ4n) is 4.66. The van der Waals surface area contributed by atoms with Crippen LogP contribution in [0.2, 0.25) is 0 Å². The quantitative estimate of drug-likeness (QED) is 0.360. The highest BCUT2D eigenvalue weighted by Gasteiger charge is 2.33. The molecule has 7 nitrogen and oxygen atoms in total. The van der Waals surface area contributed by atoms with E-state index in [4.69, 9.17) is 26.4 Å². The molecular formula is C27H33N3O4S. The van der Waals surface area contributed by atoms with Crippen LogP contribution in [0.25, 0.3) is 10.9 Å². The zero-order valence-corrected chi connectivity index (χ0v) is 21.6. The third-order valence-electron chi connectivity index (χ3n) is 6.40. The molecular weight excluding hydrogens is 462 g/mol. The van der Waals surface area contributed by atoms with E-state index in [2.05, 4.69) is 21.3 Å². The Morgan fingerprint density at radius 1 is 1.14 bits per heavy atom. The molecule has 8 heteroatoms. The zero-order valence-electron chi connectivity index (χ0n) is 20.8. The minimum Gasteiger partial charge on any atom is -0.493 e. The number of aromatic amines is 1. The predicted octanol–water partition coefficient (Wildman–Crippen LogP) is 4.10. The minimum absolute atomic E-state index is 0.127. The number of aryl methyl sites for hydroxylation is 1. The van der Waals surface area contributed by atoms with Crippen molar-refractivity contribution in [1.82, 2.24) is 15.2 Å². The van der Waals surface area contributed by atoms with E-state index in [9.17, 15) is 4.79 Å². The summed E-state index contributed by atoms with van der Waals surface area (Å²) in [5.41, 5.74) is 4.58. The van der Waals surface area contributed by atoms with Gasteiger partial charge in [0.05, 0.1) is 20.3 Å². The molecule has 2 heterocycles. The number of aromatic nitrogens is 1. The molecule has 3 aromatic rings. The van der Waals surface area contributed by atoms with Crippen LogP contribution < -0.4 is 20.3 Å². The molecule has 0 amide bonds. The molecule has 0 radical (unpaired) electrons. The van der Waals surface area contributed by atoms with Crippen molar-refractivity contribution in [3.8, 4) is 11.5 Å². The molecule has 186 valence electrons. The van der Waals surface area contributed by atoms with Gasteiger partial charge in [-0.15, -0.1) is 0 Å². The van der Waals surface area contributed by atoms with Crippen molar-refractivity contribution in [1.29, 1.82) is 0 Å². The van der Waals surface area contributed by atoms with E-state index in [-0.39, 0.29) is 11.6 Å². The van der Waals surface area contributed by atoms with Gasteiger partial charge in [-0.25, -0.2) is 0 Å². The maximum absolute atomic E-state index is 13.4. The highest BCUT2D eigenvalue weighted by molar-refractivity contribution is 7.80. The van der Waals surface area contributed by atoms with Gasteiger partial charge < -0.3 is 29.4 Å². The summed E-state index contributed by atoms with van der Waals surface area (Å²) in [5.74, 6) is 1.31. The summed E-state index contributed by atoms with van der Waals surface area (Å²) in [7, 11) is 3.25. The zero-order chi connectivity index (χ0) is 24.9. The van der Waals surface area contributed by atoms with Gasteiger partial charge in [0.15, 0.2) is 16.6 Å². The van der Waals surface area contributed by atoms with Crippen molar-refractivity contribution in [2.24, 2.45) is 0 Å². The molecule has 0 spiro atoms. The second kappa shape index (κ2) is 11.1. The van der Waals surface area contributed by atoms with Gasteiger partial charge in [-0.05, 0) is 85.8 Å². The molecule has 2 N–H and O–H groups in total. The lowest BCUT2D eigenvalue weighted by Gasteiger charge is -2.39. The van der Waals surface area contributed by atoms with Gasteiger partial charge in [-0.1, -0.05) is 11.6 Å². The molecule has 0 saturated heterocycles. The third kappa shape index (κ3) is 5.28. The summed E-state index contributed by atoms with van der Waals surface area (Å²) >= 11 is 5.83. The average Bonchev–Trinajstić information content (AvgIpc) is 2.86. The van der Waals surface area contributed by atoms with E-state index in [1.165, 1.54) is 0 Å². The van der Waals surface area contributed by atoms with Crippen LogP contribution in [0.4, 0.5) is 0 Å². The summed E-state index contributed by atoms with van der Waals surface area (Å²) in [4.78, 5) is 18.6. The van der Waals surface area contributed by atoms with Crippen molar-refractivity contribution < 1.29 is 14.2 Å².